The van der Waals surface area contributed by atoms with Gasteiger partial charge < -0.3 is 19.8 Å². The van der Waals surface area contributed by atoms with E-state index in [-0.39, 0.29) is 5.56 Å². The van der Waals surface area contributed by atoms with Crippen molar-refractivity contribution in [2.24, 2.45) is 0 Å². The molecule has 6 heteroatoms. The van der Waals surface area contributed by atoms with Crippen LogP contribution in [0, 0.1) is 0 Å². The highest BCUT2D eigenvalue weighted by Gasteiger charge is 2.26. The zero-order valence-corrected chi connectivity index (χ0v) is 11.4. The van der Waals surface area contributed by atoms with Crippen molar-refractivity contribution in [2.75, 3.05) is 18.5 Å². The van der Waals surface area contributed by atoms with Gasteiger partial charge in [0, 0.05) is 6.54 Å². The summed E-state index contributed by atoms with van der Waals surface area (Å²) in [6.45, 7) is 1.17. The second-order valence-corrected chi connectivity index (χ2v) is 5.17. The number of rotatable bonds is 1. The molecule has 2 aliphatic heterocycles. The van der Waals surface area contributed by atoms with Crippen molar-refractivity contribution in [1.82, 2.24) is 9.97 Å². The number of nitrogens with one attached hydrogen (secondary N) is 2. The van der Waals surface area contributed by atoms with E-state index in [2.05, 4.69) is 15.3 Å². The first-order valence-corrected chi connectivity index (χ1v) is 7.07. The van der Waals surface area contributed by atoms with Crippen molar-refractivity contribution in [1.29, 1.82) is 0 Å². The Morgan fingerprint density at radius 3 is 3.00 bits per heavy atom. The quantitative estimate of drug-likeness (QED) is 0.833. The largest absolute Gasteiger partial charge is 0.485 e. The third-order valence-electron chi connectivity index (χ3n) is 3.74. The van der Waals surface area contributed by atoms with E-state index in [0.717, 1.165) is 24.9 Å². The molecule has 0 spiro atoms. The normalized spacial score (nSPS) is 19.5. The first-order chi connectivity index (χ1) is 10.3. The fourth-order valence-electron chi connectivity index (χ4n) is 2.67. The predicted octanol–water partition coefficient (Wildman–Crippen LogP) is 1.64. The van der Waals surface area contributed by atoms with Crippen LogP contribution in [0.2, 0.25) is 0 Å². The third kappa shape index (κ3) is 2.12. The Morgan fingerprint density at radius 2 is 2.10 bits per heavy atom. The zero-order chi connectivity index (χ0) is 14.2. The summed E-state index contributed by atoms with van der Waals surface area (Å²) in [5.74, 6) is 2.55. The van der Waals surface area contributed by atoms with Crippen molar-refractivity contribution in [2.45, 2.75) is 18.9 Å². The molecule has 0 saturated carbocycles. The molecule has 1 aromatic carbocycles. The smallest absolute Gasteiger partial charge is 0.256 e. The van der Waals surface area contributed by atoms with Crippen LogP contribution in [0.3, 0.4) is 0 Å². The van der Waals surface area contributed by atoms with Crippen LogP contribution in [0.15, 0.2) is 29.1 Å². The molecule has 4 rings (SSSR count). The standard InChI is InChI=1S/C15H15N3O3/c19-15-9-4-3-7-16-13(9)17-14(18-15)12-8-20-10-5-1-2-6-11(10)21-12/h1-2,5-6,12H,3-4,7-8H2,(H2,16,17,18,19). The fourth-order valence-corrected chi connectivity index (χ4v) is 2.67. The summed E-state index contributed by atoms with van der Waals surface area (Å²) in [5.41, 5.74) is 0.631. The lowest BCUT2D eigenvalue weighted by molar-refractivity contribution is 0.0849. The number of hydrogen-bond acceptors (Lipinski definition) is 5. The van der Waals surface area contributed by atoms with Crippen LogP contribution >= 0.6 is 0 Å². The molecule has 6 nitrogen and oxygen atoms in total. The molecule has 0 aliphatic carbocycles. The lowest BCUT2D eigenvalue weighted by Gasteiger charge is -2.26. The van der Waals surface area contributed by atoms with E-state index in [1.165, 1.54) is 0 Å². The van der Waals surface area contributed by atoms with Crippen LogP contribution < -0.4 is 20.3 Å². The van der Waals surface area contributed by atoms with Gasteiger partial charge in [0.25, 0.3) is 5.56 Å². The summed E-state index contributed by atoms with van der Waals surface area (Å²) in [6, 6.07) is 7.48. The number of H-pyrrole nitrogens is 1. The third-order valence-corrected chi connectivity index (χ3v) is 3.74. The molecule has 2 N–H and O–H groups in total. The van der Waals surface area contributed by atoms with Gasteiger partial charge in [-0.1, -0.05) is 12.1 Å². The van der Waals surface area contributed by atoms with Crippen molar-refractivity contribution in [3.63, 3.8) is 0 Å². The fraction of sp³-hybridized carbons (Fsp3) is 0.333. The Hall–Kier alpha value is -2.50. The molecule has 108 valence electrons. The summed E-state index contributed by atoms with van der Waals surface area (Å²) >= 11 is 0. The van der Waals surface area contributed by atoms with E-state index < -0.39 is 6.10 Å². The topological polar surface area (TPSA) is 76.2 Å². The van der Waals surface area contributed by atoms with E-state index in [0.29, 0.717) is 29.7 Å². The number of anilines is 1. The number of para-hydroxylation sites is 2. The molecule has 0 fully saturated rings. The molecule has 2 aliphatic rings. The highest BCUT2D eigenvalue weighted by molar-refractivity contribution is 5.46. The number of nitrogens with zero attached hydrogens (tertiary/aromatic N) is 1. The van der Waals surface area contributed by atoms with Crippen LogP contribution in [-0.4, -0.2) is 23.1 Å². The molecular formula is C15H15N3O3. The first kappa shape index (κ1) is 12.3. The maximum Gasteiger partial charge on any atom is 0.256 e. The highest BCUT2D eigenvalue weighted by Crippen LogP contribution is 2.35. The van der Waals surface area contributed by atoms with E-state index in [9.17, 15) is 4.79 Å². The molecule has 0 bridgehead atoms. The van der Waals surface area contributed by atoms with Crippen molar-refractivity contribution in [3.8, 4) is 11.5 Å². The van der Waals surface area contributed by atoms with Crippen LogP contribution in [0.4, 0.5) is 5.82 Å². The lowest BCUT2D eigenvalue weighted by Crippen LogP contribution is -2.30. The van der Waals surface area contributed by atoms with Gasteiger partial charge in [-0.2, -0.15) is 0 Å². The van der Waals surface area contributed by atoms with Gasteiger partial charge in [0.15, 0.2) is 23.4 Å². The van der Waals surface area contributed by atoms with Gasteiger partial charge in [-0.05, 0) is 25.0 Å². The summed E-state index contributed by atoms with van der Waals surface area (Å²) in [4.78, 5) is 19.5. The van der Waals surface area contributed by atoms with Crippen LogP contribution in [0.25, 0.3) is 0 Å². The molecule has 1 atom stereocenters. The maximum atomic E-state index is 12.1. The van der Waals surface area contributed by atoms with Gasteiger partial charge in [-0.25, -0.2) is 4.98 Å². The number of aromatic nitrogens is 2. The number of ether oxygens (including phenoxy) is 2. The number of fused-ring (bicyclic) bond motifs is 2. The highest BCUT2D eigenvalue weighted by atomic mass is 16.6. The molecule has 2 aromatic rings. The minimum Gasteiger partial charge on any atom is -0.485 e. The van der Waals surface area contributed by atoms with E-state index >= 15 is 0 Å². The molecule has 0 amide bonds. The van der Waals surface area contributed by atoms with Gasteiger partial charge in [0.05, 0.1) is 5.56 Å². The molecule has 1 aromatic heterocycles. The number of aromatic amines is 1. The van der Waals surface area contributed by atoms with E-state index in [1.807, 2.05) is 24.3 Å². The Kier molecular flexibility index (Phi) is 2.80. The van der Waals surface area contributed by atoms with Crippen LogP contribution in [0.1, 0.15) is 23.9 Å². The minimum atomic E-state index is -0.401. The Labute approximate surface area is 121 Å². The van der Waals surface area contributed by atoms with E-state index in [1.54, 1.807) is 0 Å². The second kappa shape index (κ2) is 4.80. The van der Waals surface area contributed by atoms with Crippen LogP contribution in [-0.2, 0) is 6.42 Å². The summed E-state index contributed by atoms with van der Waals surface area (Å²) in [6.07, 6.45) is 1.31. The Balaban J connectivity index is 1.69. The zero-order valence-electron chi connectivity index (χ0n) is 11.4. The monoisotopic (exact) mass is 285 g/mol. The molecule has 1 unspecified atom stereocenters. The molecule has 3 heterocycles. The SMILES string of the molecule is O=c1[nH]c(C2COc3ccccc3O2)nc2c1CCCN2. The Bertz CT molecular complexity index is 741. The second-order valence-electron chi connectivity index (χ2n) is 5.17. The van der Waals surface area contributed by atoms with Gasteiger partial charge in [0.2, 0.25) is 0 Å². The van der Waals surface area contributed by atoms with Gasteiger partial charge in [-0.3, -0.25) is 4.79 Å². The van der Waals surface area contributed by atoms with Gasteiger partial charge >= 0.3 is 0 Å². The number of benzene rings is 1. The molecular weight excluding hydrogens is 270 g/mol. The average Bonchev–Trinajstić information content (AvgIpc) is 2.54. The lowest BCUT2D eigenvalue weighted by atomic mass is 10.1. The average molecular weight is 285 g/mol. The van der Waals surface area contributed by atoms with Gasteiger partial charge in [-0.15, -0.1) is 0 Å². The van der Waals surface area contributed by atoms with Crippen molar-refractivity contribution < 1.29 is 9.47 Å². The molecule has 21 heavy (non-hydrogen) atoms. The van der Waals surface area contributed by atoms with Crippen molar-refractivity contribution in [3.05, 3.63) is 46.0 Å². The summed E-state index contributed by atoms with van der Waals surface area (Å²) < 4.78 is 11.5. The summed E-state index contributed by atoms with van der Waals surface area (Å²) in [5, 5.41) is 3.17. The predicted molar refractivity (Wildman–Crippen MR) is 77.0 cm³/mol. The molecule has 0 saturated heterocycles. The maximum absolute atomic E-state index is 12.1. The van der Waals surface area contributed by atoms with Gasteiger partial charge in [0.1, 0.15) is 12.4 Å². The number of hydrogen-bond donors (Lipinski definition) is 2. The Morgan fingerprint density at radius 1 is 1.24 bits per heavy atom. The van der Waals surface area contributed by atoms with Crippen LogP contribution in [0.5, 0.6) is 11.5 Å². The molecule has 0 radical (unpaired) electrons. The van der Waals surface area contributed by atoms with Crippen molar-refractivity contribution >= 4 is 5.82 Å². The first-order valence-electron chi connectivity index (χ1n) is 7.07. The summed E-state index contributed by atoms with van der Waals surface area (Å²) in [7, 11) is 0. The van der Waals surface area contributed by atoms with E-state index in [4.69, 9.17) is 9.47 Å². The minimum absolute atomic E-state index is 0.0929.